The van der Waals surface area contributed by atoms with Gasteiger partial charge in [-0.05, 0) is 12.1 Å². The first-order valence-corrected chi connectivity index (χ1v) is 5.40. The van der Waals surface area contributed by atoms with E-state index in [0.717, 1.165) is 9.79 Å². The summed E-state index contributed by atoms with van der Waals surface area (Å²) < 4.78 is 11.9. The van der Waals surface area contributed by atoms with E-state index in [2.05, 4.69) is 4.98 Å². The summed E-state index contributed by atoms with van der Waals surface area (Å²) in [7, 11) is 0. The van der Waals surface area contributed by atoms with E-state index in [1.165, 1.54) is 0 Å². The molecule has 0 saturated carbocycles. The largest absolute Gasteiger partial charge is 0.606 e. The molecule has 1 unspecified atom stereocenters. The Morgan fingerprint density at radius 1 is 0.857 bits per heavy atom. The number of rotatable bonds is 2. The van der Waals surface area contributed by atoms with Crippen molar-refractivity contribution in [3.63, 3.8) is 0 Å². The normalized spacial score (nSPS) is 12.4. The Kier molecular flexibility index (Phi) is 2.81. The van der Waals surface area contributed by atoms with Gasteiger partial charge in [0.15, 0.2) is 9.79 Å². The van der Waals surface area contributed by atoms with Crippen LogP contribution in [0.2, 0.25) is 0 Å². The van der Waals surface area contributed by atoms with Gasteiger partial charge >= 0.3 is 0 Å². The van der Waals surface area contributed by atoms with Gasteiger partial charge in [-0.1, -0.05) is 18.2 Å². The van der Waals surface area contributed by atoms with Gasteiger partial charge in [-0.3, -0.25) is 4.98 Å². The van der Waals surface area contributed by atoms with Crippen LogP contribution in [0.1, 0.15) is 0 Å². The van der Waals surface area contributed by atoms with Crippen molar-refractivity contribution >= 4 is 11.2 Å². The zero-order valence-electron chi connectivity index (χ0n) is 7.46. The van der Waals surface area contributed by atoms with E-state index in [-0.39, 0.29) is 0 Å². The van der Waals surface area contributed by atoms with E-state index >= 15 is 0 Å². The smallest absolute Gasteiger partial charge is 0.161 e. The first kappa shape index (κ1) is 9.24. The second-order valence-corrected chi connectivity index (χ2v) is 4.24. The predicted octanol–water partition coefficient (Wildman–Crippen LogP) is 2.25. The maximum absolute atomic E-state index is 11.9. The van der Waals surface area contributed by atoms with Crippen LogP contribution in [0.15, 0.2) is 64.6 Å². The predicted molar refractivity (Wildman–Crippen MR) is 55.4 cm³/mol. The highest BCUT2D eigenvalue weighted by Crippen LogP contribution is 2.18. The second-order valence-electron chi connectivity index (χ2n) is 2.76. The van der Waals surface area contributed by atoms with Crippen molar-refractivity contribution < 1.29 is 4.55 Å². The van der Waals surface area contributed by atoms with E-state index in [0.29, 0.717) is 0 Å². The molecule has 14 heavy (non-hydrogen) atoms. The van der Waals surface area contributed by atoms with Gasteiger partial charge < -0.3 is 4.55 Å². The molecule has 0 bridgehead atoms. The molecule has 2 rings (SSSR count). The van der Waals surface area contributed by atoms with Crippen molar-refractivity contribution in [2.45, 2.75) is 9.79 Å². The quantitative estimate of drug-likeness (QED) is 0.702. The van der Waals surface area contributed by atoms with Gasteiger partial charge in [0, 0.05) is 35.7 Å². The highest BCUT2D eigenvalue weighted by molar-refractivity contribution is 7.91. The van der Waals surface area contributed by atoms with Crippen LogP contribution < -0.4 is 0 Å². The molecule has 0 aliphatic heterocycles. The number of aromatic nitrogens is 1. The minimum atomic E-state index is -1.09. The molecule has 0 radical (unpaired) electrons. The minimum absolute atomic E-state index is 0.784. The van der Waals surface area contributed by atoms with Gasteiger partial charge in [0.2, 0.25) is 0 Å². The molecule has 2 aromatic rings. The molecule has 0 spiro atoms. The monoisotopic (exact) mass is 203 g/mol. The molecule has 1 aromatic carbocycles. The number of hydrogen-bond acceptors (Lipinski definition) is 2. The Morgan fingerprint density at radius 2 is 1.43 bits per heavy atom. The zero-order valence-corrected chi connectivity index (χ0v) is 8.28. The van der Waals surface area contributed by atoms with Gasteiger partial charge in [-0.25, -0.2) is 0 Å². The van der Waals surface area contributed by atoms with Crippen LogP contribution in [0.5, 0.6) is 0 Å². The Hall–Kier alpha value is -1.32. The first-order chi connectivity index (χ1) is 6.88. The van der Waals surface area contributed by atoms with Gasteiger partial charge in [-0.15, -0.1) is 0 Å². The average molecular weight is 203 g/mol. The van der Waals surface area contributed by atoms with Crippen LogP contribution >= 0.6 is 0 Å². The topological polar surface area (TPSA) is 36.0 Å². The summed E-state index contributed by atoms with van der Waals surface area (Å²) in [5.74, 6) is 0. The second kappa shape index (κ2) is 4.26. The van der Waals surface area contributed by atoms with E-state index < -0.39 is 11.2 Å². The first-order valence-electron chi connectivity index (χ1n) is 4.25. The summed E-state index contributed by atoms with van der Waals surface area (Å²) in [5, 5.41) is 0. The van der Waals surface area contributed by atoms with Crippen LogP contribution in [0, 0.1) is 0 Å². The summed E-state index contributed by atoms with van der Waals surface area (Å²) in [4.78, 5) is 5.49. The summed E-state index contributed by atoms with van der Waals surface area (Å²) in [6.45, 7) is 0. The highest BCUT2D eigenvalue weighted by atomic mass is 32.2. The standard InChI is InChI=1S/C11H9NOS/c13-14(10-4-2-1-3-5-10)11-6-8-12-9-7-11/h1-9H. The highest BCUT2D eigenvalue weighted by Gasteiger charge is 2.12. The van der Waals surface area contributed by atoms with Crippen LogP contribution in [0.25, 0.3) is 0 Å². The molecule has 2 nitrogen and oxygen atoms in total. The summed E-state index contributed by atoms with van der Waals surface area (Å²) in [6.07, 6.45) is 3.30. The Bertz CT molecular complexity index is 351. The molecular weight excluding hydrogens is 194 g/mol. The van der Waals surface area contributed by atoms with Crippen molar-refractivity contribution in [1.82, 2.24) is 4.98 Å². The molecule has 0 aliphatic rings. The van der Waals surface area contributed by atoms with Crippen LogP contribution in [0.4, 0.5) is 0 Å². The fraction of sp³-hybridized carbons (Fsp3) is 0. The molecule has 3 heteroatoms. The Balaban J connectivity index is 2.30. The lowest BCUT2D eigenvalue weighted by atomic mass is 10.4. The van der Waals surface area contributed by atoms with E-state index in [9.17, 15) is 4.55 Å². The van der Waals surface area contributed by atoms with Crippen molar-refractivity contribution in [2.75, 3.05) is 0 Å². The van der Waals surface area contributed by atoms with Gasteiger partial charge in [0.25, 0.3) is 0 Å². The molecule has 1 aromatic heterocycles. The lowest BCUT2D eigenvalue weighted by Crippen LogP contribution is -2.01. The van der Waals surface area contributed by atoms with Crippen molar-refractivity contribution in [3.8, 4) is 0 Å². The molecular formula is C11H9NOS. The van der Waals surface area contributed by atoms with Crippen LogP contribution in [-0.4, -0.2) is 9.54 Å². The molecule has 70 valence electrons. The van der Waals surface area contributed by atoms with Crippen molar-refractivity contribution in [1.29, 1.82) is 0 Å². The molecule has 1 atom stereocenters. The third-order valence-electron chi connectivity index (χ3n) is 1.82. The molecule has 1 heterocycles. The van der Waals surface area contributed by atoms with E-state index in [1.54, 1.807) is 24.5 Å². The maximum atomic E-state index is 11.9. The SMILES string of the molecule is [O-][S+](c1ccccc1)c1ccncc1. The molecule has 0 N–H and O–H groups in total. The maximum Gasteiger partial charge on any atom is 0.161 e. The zero-order chi connectivity index (χ0) is 9.80. The molecule has 0 aliphatic carbocycles. The number of benzene rings is 1. The number of pyridine rings is 1. The number of hydrogen-bond donors (Lipinski definition) is 0. The fourth-order valence-electron chi connectivity index (χ4n) is 1.14. The number of nitrogens with zero attached hydrogens (tertiary/aromatic N) is 1. The molecule has 0 amide bonds. The van der Waals surface area contributed by atoms with Gasteiger partial charge in [0.1, 0.15) is 0 Å². The lowest BCUT2D eigenvalue weighted by molar-refractivity contribution is 0.595. The lowest BCUT2D eigenvalue weighted by Gasteiger charge is -2.08. The Morgan fingerprint density at radius 3 is 2.07 bits per heavy atom. The van der Waals surface area contributed by atoms with Crippen LogP contribution in [-0.2, 0) is 11.2 Å². The van der Waals surface area contributed by atoms with E-state index in [1.807, 2.05) is 30.3 Å². The van der Waals surface area contributed by atoms with Gasteiger partial charge in [0.05, 0.1) is 0 Å². The molecule has 0 saturated heterocycles. The van der Waals surface area contributed by atoms with E-state index in [4.69, 9.17) is 0 Å². The average Bonchev–Trinajstić information content (AvgIpc) is 2.30. The fourth-order valence-corrected chi connectivity index (χ4v) is 2.19. The summed E-state index contributed by atoms with van der Waals surface area (Å²) in [6, 6.07) is 12.9. The minimum Gasteiger partial charge on any atom is -0.606 e. The molecule has 0 fully saturated rings. The van der Waals surface area contributed by atoms with Gasteiger partial charge in [-0.2, -0.15) is 0 Å². The third-order valence-corrected chi connectivity index (χ3v) is 3.22. The summed E-state index contributed by atoms with van der Waals surface area (Å²) >= 11 is -1.09. The Labute approximate surface area is 85.8 Å². The van der Waals surface area contributed by atoms with Crippen molar-refractivity contribution in [2.24, 2.45) is 0 Å². The van der Waals surface area contributed by atoms with Crippen molar-refractivity contribution in [3.05, 3.63) is 54.9 Å². The summed E-state index contributed by atoms with van der Waals surface area (Å²) in [5.41, 5.74) is 0. The van der Waals surface area contributed by atoms with Crippen LogP contribution in [0.3, 0.4) is 0 Å². The third kappa shape index (κ3) is 1.95.